The number of carbonyl (C=O) groups excluding carboxylic acids is 1. The molecule has 0 aliphatic rings. The Bertz CT molecular complexity index is 703. The molecule has 2 aromatic rings. The Morgan fingerprint density at radius 1 is 0.909 bits per heavy atom. The van der Waals surface area contributed by atoms with E-state index >= 15 is 0 Å². The van der Waals surface area contributed by atoms with Crippen molar-refractivity contribution in [1.82, 2.24) is 0 Å². The first-order valence-corrected chi connectivity index (χ1v) is 5.86. The summed E-state index contributed by atoms with van der Waals surface area (Å²) in [6.07, 6.45) is 0. The van der Waals surface area contributed by atoms with E-state index in [4.69, 9.17) is 0 Å². The SMILES string of the molecule is NN.O=C(c1ccccc1)c1ccc([N+](=O)[O-])cc1[N+](=O)[O-]. The Labute approximate surface area is 124 Å². The van der Waals surface area contributed by atoms with Gasteiger partial charge in [-0.2, -0.15) is 0 Å². The molecule has 4 N–H and O–H groups in total. The van der Waals surface area contributed by atoms with Crippen LogP contribution >= 0.6 is 0 Å². The highest BCUT2D eigenvalue weighted by molar-refractivity contribution is 6.11. The van der Waals surface area contributed by atoms with E-state index in [0.717, 1.165) is 18.2 Å². The van der Waals surface area contributed by atoms with Gasteiger partial charge in [0.05, 0.1) is 15.9 Å². The van der Waals surface area contributed by atoms with Crippen LogP contribution in [0.2, 0.25) is 0 Å². The molecule has 9 nitrogen and oxygen atoms in total. The molecule has 0 heterocycles. The number of ketones is 1. The third-order valence-electron chi connectivity index (χ3n) is 2.67. The summed E-state index contributed by atoms with van der Waals surface area (Å²) in [7, 11) is 0. The summed E-state index contributed by atoms with van der Waals surface area (Å²) in [6, 6.07) is 11.0. The molecule has 0 fully saturated rings. The maximum absolute atomic E-state index is 12.2. The van der Waals surface area contributed by atoms with Gasteiger partial charge in [-0.05, 0) is 6.07 Å². The number of hydrazine groups is 1. The average Bonchev–Trinajstić information content (AvgIpc) is 2.56. The van der Waals surface area contributed by atoms with Crippen molar-refractivity contribution in [1.29, 1.82) is 0 Å². The molecule has 114 valence electrons. The molecular formula is C13H12N4O5. The second-order valence-corrected chi connectivity index (χ2v) is 3.91. The number of nitrogens with two attached hydrogens (primary N) is 2. The standard InChI is InChI=1S/C13H8N2O5.H4N2/c16-13(9-4-2-1-3-5-9)11-7-6-10(14(17)18)8-12(11)15(19)20;1-2/h1-8H;1-2H2. The minimum atomic E-state index is -0.802. The molecule has 0 atom stereocenters. The third-order valence-corrected chi connectivity index (χ3v) is 2.67. The highest BCUT2D eigenvalue weighted by atomic mass is 16.6. The first-order chi connectivity index (χ1) is 10.5. The van der Waals surface area contributed by atoms with Crippen molar-refractivity contribution in [3.63, 3.8) is 0 Å². The summed E-state index contributed by atoms with van der Waals surface area (Å²) in [6.45, 7) is 0. The number of hydrogen-bond donors (Lipinski definition) is 2. The minimum Gasteiger partial charge on any atom is -0.288 e. The molecule has 0 aromatic heterocycles. The molecular weight excluding hydrogens is 292 g/mol. The molecule has 0 aliphatic heterocycles. The van der Waals surface area contributed by atoms with Gasteiger partial charge in [0.1, 0.15) is 5.56 Å². The zero-order valence-corrected chi connectivity index (χ0v) is 11.2. The summed E-state index contributed by atoms with van der Waals surface area (Å²) in [5.41, 5.74) is -0.898. The van der Waals surface area contributed by atoms with Crippen LogP contribution in [0.3, 0.4) is 0 Å². The summed E-state index contributed by atoms with van der Waals surface area (Å²) in [5.74, 6) is 7.45. The zero-order chi connectivity index (χ0) is 16.7. The minimum absolute atomic E-state index is 0.174. The highest BCUT2D eigenvalue weighted by Crippen LogP contribution is 2.26. The smallest absolute Gasteiger partial charge is 0.287 e. The molecule has 0 bridgehead atoms. The van der Waals surface area contributed by atoms with Gasteiger partial charge in [0, 0.05) is 11.6 Å². The quantitative estimate of drug-likeness (QED) is 0.375. The van der Waals surface area contributed by atoms with Crippen LogP contribution in [0, 0.1) is 20.2 Å². The van der Waals surface area contributed by atoms with Crippen molar-refractivity contribution in [3.05, 3.63) is 79.9 Å². The number of rotatable bonds is 4. The average molecular weight is 304 g/mol. The lowest BCUT2D eigenvalue weighted by atomic mass is 10.0. The van der Waals surface area contributed by atoms with Gasteiger partial charge in [0.15, 0.2) is 5.78 Å². The monoisotopic (exact) mass is 304 g/mol. The van der Waals surface area contributed by atoms with Crippen LogP contribution in [-0.4, -0.2) is 15.6 Å². The normalized spacial score (nSPS) is 9.36. The molecule has 0 spiro atoms. The lowest BCUT2D eigenvalue weighted by Crippen LogP contribution is -2.06. The number of nitro benzene ring substituents is 2. The first kappa shape index (κ1) is 16.9. The number of carbonyl (C=O) groups is 1. The largest absolute Gasteiger partial charge is 0.288 e. The van der Waals surface area contributed by atoms with E-state index in [1.165, 1.54) is 12.1 Å². The van der Waals surface area contributed by atoms with E-state index in [0.29, 0.717) is 0 Å². The molecule has 0 radical (unpaired) electrons. The van der Waals surface area contributed by atoms with E-state index in [2.05, 4.69) is 11.7 Å². The van der Waals surface area contributed by atoms with Crippen molar-refractivity contribution in [3.8, 4) is 0 Å². The molecule has 22 heavy (non-hydrogen) atoms. The Morgan fingerprint density at radius 3 is 2.00 bits per heavy atom. The van der Waals surface area contributed by atoms with Gasteiger partial charge in [0.2, 0.25) is 0 Å². The van der Waals surface area contributed by atoms with Crippen molar-refractivity contribution >= 4 is 17.2 Å². The maximum atomic E-state index is 12.2. The van der Waals surface area contributed by atoms with E-state index < -0.39 is 27.0 Å². The Kier molecular flexibility index (Phi) is 5.81. The van der Waals surface area contributed by atoms with Gasteiger partial charge < -0.3 is 0 Å². The summed E-state index contributed by atoms with van der Waals surface area (Å²) >= 11 is 0. The summed E-state index contributed by atoms with van der Waals surface area (Å²) in [5, 5.41) is 21.6. The third kappa shape index (κ3) is 3.69. The Hall–Kier alpha value is -3.17. The maximum Gasteiger partial charge on any atom is 0.287 e. The molecule has 0 unspecified atom stereocenters. The van der Waals surface area contributed by atoms with Gasteiger partial charge in [-0.1, -0.05) is 30.3 Å². The lowest BCUT2D eigenvalue weighted by Gasteiger charge is -2.02. The highest BCUT2D eigenvalue weighted by Gasteiger charge is 2.24. The van der Waals surface area contributed by atoms with Crippen molar-refractivity contribution in [2.45, 2.75) is 0 Å². The van der Waals surface area contributed by atoms with Gasteiger partial charge in [-0.15, -0.1) is 0 Å². The van der Waals surface area contributed by atoms with Crippen molar-refractivity contribution < 1.29 is 14.6 Å². The summed E-state index contributed by atoms with van der Waals surface area (Å²) < 4.78 is 0. The number of hydrogen-bond acceptors (Lipinski definition) is 7. The molecule has 0 aliphatic carbocycles. The van der Waals surface area contributed by atoms with Gasteiger partial charge in [-0.25, -0.2) is 0 Å². The van der Waals surface area contributed by atoms with Crippen LogP contribution < -0.4 is 11.7 Å². The van der Waals surface area contributed by atoms with Crippen LogP contribution in [0.1, 0.15) is 15.9 Å². The number of nitrogens with zero attached hydrogens (tertiary/aromatic N) is 2. The van der Waals surface area contributed by atoms with E-state index in [9.17, 15) is 25.0 Å². The predicted molar refractivity (Wildman–Crippen MR) is 78.0 cm³/mol. The summed E-state index contributed by atoms with van der Waals surface area (Å²) in [4.78, 5) is 32.2. The van der Waals surface area contributed by atoms with E-state index in [1.54, 1.807) is 18.2 Å². The fourth-order valence-electron chi connectivity index (χ4n) is 1.72. The number of nitro groups is 2. The van der Waals surface area contributed by atoms with Crippen LogP contribution in [0.15, 0.2) is 48.5 Å². The van der Waals surface area contributed by atoms with Gasteiger partial charge in [-0.3, -0.25) is 36.7 Å². The van der Waals surface area contributed by atoms with Crippen molar-refractivity contribution in [2.24, 2.45) is 11.7 Å². The second-order valence-electron chi connectivity index (χ2n) is 3.91. The number of non-ortho nitro benzene ring substituents is 1. The molecule has 9 heteroatoms. The van der Waals surface area contributed by atoms with Crippen LogP contribution in [0.5, 0.6) is 0 Å². The van der Waals surface area contributed by atoms with E-state index in [-0.39, 0.29) is 11.1 Å². The van der Waals surface area contributed by atoms with Crippen molar-refractivity contribution in [2.75, 3.05) is 0 Å². The van der Waals surface area contributed by atoms with Crippen LogP contribution in [0.4, 0.5) is 11.4 Å². The molecule has 2 rings (SSSR count). The predicted octanol–water partition coefficient (Wildman–Crippen LogP) is 1.55. The lowest BCUT2D eigenvalue weighted by molar-refractivity contribution is -0.394. The topological polar surface area (TPSA) is 155 Å². The van der Waals surface area contributed by atoms with Crippen LogP contribution in [0.25, 0.3) is 0 Å². The molecule has 0 saturated carbocycles. The van der Waals surface area contributed by atoms with E-state index in [1.807, 2.05) is 0 Å². The van der Waals surface area contributed by atoms with Gasteiger partial charge >= 0.3 is 0 Å². The fourth-order valence-corrected chi connectivity index (χ4v) is 1.72. The second kappa shape index (κ2) is 7.57. The fraction of sp³-hybridized carbons (Fsp3) is 0. The molecule has 0 amide bonds. The first-order valence-electron chi connectivity index (χ1n) is 5.86. The van der Waals surface area contributed by atoms with Gasteiger partial charge in [0.25, 0.3) is 11.4 Å². The molecule has 0 saturated heterocycles. The Balaban J connectivity index is 0.00000116. The zero-order valence-electron chi connectivity index (χ0n) is 11.2. The Morgan fingerprint density at radius 2 is 1.50 bits per heavy atom. The number of benzene rings is 2. The van der Waals surface area contributed by atoms with Crippen LogP contribution in [-0.2, 0) is 0 Å². The molecule has 2 aromatic carbocycles.